The third-order valence-corrected chi connectivity index (χ3v) is 2.95. The van der Waals surface area contributed by atoms with Crippen LogP contribution in [-0.2, 0) is 6.54 Å². The van der Waals surface area contributed by atoms with Crippen molar-refractivity contribution in [2.75, 3.05) is 11.9 Å². The topological polar surface area (TPSA) is 68.5 Å². The highest BCUT2D eigenvalue weighted by Crippen LogP contribution is 2.31. The van der Waals surface area contributed by atoms with Crippen LogP contribution in [-0.4, -0.2) is 31.5 Å². The number of rotatable bonds is 4. The lowest BCUT2D eigenvalue weighted by atomic mass is 10.4. The number of nitrogens with one attached hydrogen (secondary N) is 1. The van der Waals surface area contributed by atoms with Gasteiger partial charge in [0.25, 0.3) is 0 Å². The molecule has 0 aliphatic heterocycles. The summed E-state index contributed by atoms with van der Waals surface area (Å²) in [6.45, 7) is 5.69. The molecule has 90 valence electrons. The average molecular weight is 232 g/mol. The van der Waals surface area contributed by atoms with Crippen molar-refractivity contribution in [2.45, 2.75) is 33.2 Å². The molecule has 0 aromatic carbocycles. The van der Waals surface area contributed by atoms with Crippen LogP contribution in [0.1, 0.15) is 25.6 Å². The largest absolute Gasteiger partial charge is 0.368 e. The molecule has 6 heteroatoms. The van der Waals surface area contributed by atoms with Crippen LogP contribution in [0.15, 0.2) is 0 Å². The highest BCUT2D eigenvalue weighted by atomic mass is 15.4. The second-order valence-electron chi connectivity index (χ2n) is 4.54. The minimum Gasteiger partial charge on any atom is -0.368 e. The second-order valence-corrected chi connectivity index (χ2v) is 4.54. The number of fused-ring (bicyclic) bond motifs is 1. The predicted molar refractivity (Wildman–Crippen MR) is 64.7 cm³/mol. The number of aryl methyl sites for hydroxylation is 1. The number of anilines is 1. The van der Waals surface area contributed by atoms with Crippen LogP contribution >= 0.6 is 0 Å². The van der Waals surface area contributed by atoms with Gasteiger partial charge in [0.15, 0.2) is 17.0 Å². The Balaban J connectivity index is 2.06. The van der Waals surface area contributed by atoms with Gasteiger partial charge in [-0.3, -0.25) is 0 Å². The van der Waals surface area contributed by atoms with E-state index < -0.39 is 0 Å². The van der Waals surface area contributed by atoms with Gasteiger partial charge in [-0.15, -0.1) is 5.10 Å². The summed E-state index contributed by atoms with van der Waals surface area (Å²) in [6.07, 6.45) is 2.59. The second kappa shape index (κ2) is 3.94. The first kappa shape index (κ1) is 10.4. The highest BCUT2D eigenvalue weighted by molar-refractivity contribution is 5.82. The van der Waals surface area contributed by atoms with Crippen molar-refractivity contribution in [3.63, 3.8) is 0 Å². The van der Waals surface area contributed by atoms with Gasteiger partial charge in [-0.05, 0) is 32.6 Å². The Morgan fingerprint density at radius 1 is 1.35 bits per heavy atom. The van der Waals surface area contributed by atoms with Crippen LogP contribution in [0.3, 0.4) is 0 Å². The van der Waals surface area contributed by atoms with E-state index in [-0.39, 0.29) is 0 Å². The van der Waals surface area contributed by atoms with Crippen LogP contribution in [0.5, 0.6) is 0 Å². The van der Waals surface area contributed by atoms with Gasteiger partial charge in [-0.1, -0.05) is 5.21 Å². The monoisotopic (exact) mass is 232 g/mol. The van der Waals surface area contributed by atoms with Crippen LogP contribution in [0, 0.1) is 12.8 Å². The summed E-state index contributed by atoms with van der Waals surface area (Å²) >= 11 is 0. The molecule has 2 heterocycles. The minimum absolute atomic E-state index is 0.757. The molecule has 0 atom stereocenters. The molecule has 0 bridgehead atoms. The molecule has 0 unspecified atom stereocenters. The molecule has 1 aliphatic carbocycles. The zero-order valence-electron chi connectivity index (χ0n) is 10.1. The molecule has 17 heavy (non-hydrogen) atoms. The fourth-order valence-corrected chi connectivity index (χ4v) is 1.92. The van der Waals surface area contributed by atoms with Crippen molar-refractivity contribution in [3.05, 3.63) is 5.82 Å². The summed E-state index contributed by atoms with van der Waals surface area (Å²) in [4.78, 5) is 8.81. The zero-order chi connectivity index (χ0) is 11.8. The number of aromatic nitrogens is 5. The molecule has 1 N–H and O–H groups in total. The smallest absolute Gasteiger partial charge is 0.184 e. The molecule has 6 nitrogen and oxygen atoms in total. The Morgan fingerprint density at radius 3 is 2.88 bits per heavy atom. The lowest BCUT2D eigenvalue weighted by Gasteiger charge is -2.04. The Bertz CT molecular complexity index is 542. The molecule has 1 fully saturated rings. The van der Waals surface area contributed by atoms with E-state index in [4.69, 9.17) is 0 Å². The van der Waals surface area contributed by atoms with E-state index in [1.165, 1.54) is 12.8 Å². The summed E-state index contributed by atoms with van der Waals surface area (Å²) < 4.78 is 1.91. The van der Waals surface area contributed by atoms with Gasteiger partial charge >= 0.3 is 0 Å². The lowest BCUT2D eigenvalue weighted by Crippen LogP contribution is -2.06. The summed E-state index contributed by atoms with van der Waals surface area (Å²) in [5.74, 6) is 2.31. The van der Waals surface area contributed by atoms with Crippen LogP contribution in [0.2, 0.25) is 0 Å². The first-order chi connectivity index (χ1) is 8.28. The first-order valence-corrected chi connectivity index (χ1v) is 6.09. The maximum atomic E-state index is 4.45. The molecule has 2 aromatic heterocycles. The third kappa shape index (κ3) is 1.94. The fourth-order valence-electron chi connectivity index (χ4n) is 1.92. The van der Waals surface area contributed by atoms with Gasteiger partial charge in [0.2, 0.25) is 0 Å². The van der Waals surface area contributed by atoms with E-state index in [0.717, 1.165) is 41.8 Å². The summed E-state index contributed by atoms with van der Waals surface area (Å²) in [6, 6.07) is 0. The minimum atomic E-state index is 0.757. The first-order valence-electron chi connectivity index (χ1n) is 6.09. The summed E-state index contributed by atoms with van der Waals surface area (Å²) in [5, 5.41) is 11.6. The average Bonchev–Trinajstić information content (AvgIpc) is 3.01. The molecule has 1 saturated carbocycles. The quantitative estimate of drug-likeness (QED) is 0.862. The summed E-state index contributed by atoms with van der Waals surface area (Å²) in [5.41, 5.74) is 1.62. The van der Waals surface area contributed by atoms with Gasteiger partial charge in [0, 0.05) is 13.1 Å². The molecule has 1 aliphatic rings. The van der Waals surface area contributed by atoms with Crippen LogP contribution in [0.25, 0.3) is 11.2 Å². The SMILES string of the molecule is CCNc1nc(C)nc2c1nnn2CC1CC1. The molecule has 0 saturated heterocycles. The molecular formula is C11H16N6. The van der Waals surface area contributed by atoms with Crippen molar-refractivity contribution in [1.29, 1.82) is 0 Å². The van der Waals surface area contributed by atoms with Crippen LogP contribution < -0.4 is 5.32 Å². The van der Waals surface area contributed by atoms with E-state index >= 15 is 0 Å². The lowest BCUT2D eigenvalue weighted by molar-refractivity contribution is 0.555. The highest BCUT2D eigenvalue weighted by Gasteiger charge is 2.24. The van der Waals surface area contributed by atoms with Gasteiger partial charge in [-0.2, -0.15) is 0 Å². The Hall–Kier alpha value is -1.72. The maximum Gasteiger partial charge on any atom is 0.184 e. The van der Waals surface area contributed by atoms with Gasteiger partial charge in [-0.25, -0.2) is 14.6 Å². The predicted octanol–water partition coefficient (Wildman–Crippen LogP) is 1.37. The molecule has 0 spiro atoms. The van der Waals surface area contributed by atoms with Crippen molar-refractivity contribution >= 4 is 17.0 Å². The summed E-state index contributed by atoms with van der Waals surface area (Å²) in [7, 11) is 0. The van der Waals surface area contributed by atoms with E-state index in [0.29, 0.717) is 0 Å². The van der Waals surface area contributed by atoms with E-state index in [1.54, 1.807) is 0 Å². The molecule has 0 amide bonds. The Labute approximate surface area is 99.4 Å². The van der Waals surface area contributed by atoms with E-state index in [2.05, 4.69) is 25.6 Å². The Kier molecular flexibility index (Phi) is 2.42. The standard InChI is InChI=1S/C11H16N6/c1-3-12-10-9-11(14-7(2)13-10)17(16-15-9)6-8-4-5-8/h8H,3-6H2,1-2H3,(H,12,13,14). The van der Waals surface area contributed by atoms with Gasteiger partial charge in [0.05, 0.1) is 0 Å². The maximum absolute atomic E-state index is 4.45. The molecule has 3 rings (SSSR count). The van der Waals surface area contributed by atoms with Crippen molar-refractivity contribution in [3.8, 4) is 0 Å². The van der Waals surface area contributed by atoms with Gasteiger partial charge < -0.3 is 5.32 Å². The zero-order valence-corrected chi connectivity index (χ0v) is 10.1. The number of hydrogen-bond acceptors (Lipinski definition) is 5. The Morgan fingerprint density at radius 2 is 2.18 bits per heavy atom. The molecule has 2 aromatic rings. The van der Waals surface area contributed by atoms with Crippen LogP contribution in [0.4, 0.5) is 5.82 Å². The van der Waals surface area contributed by atoms with Crippen molar-refractivity contribution in [2.24, 2.45) is 5.92 Å². The van der Waals surface area contributed by atoms with E-state index in [9.17, 15) is 0 Å². The third-order valence-electron chi connectivity index (χ3n) is 2.95. The van der Waals surface area contributed by atoms with E-state index in [1.807, 2.05) is 18.5 Å². The van der Waals surface area contributed by atoms with Gasteiger partial charge in [0.1, 0.15) is 5.82 Å². The van der Waals surface area contributed by atoms with Crippen molar-refractivity contribution < 1.29 is 0 Å². The van der Waals surface area contributed by atoms with Crippen molar-refractivity contribution in [1.82, 2.24) is 25.0 Å². The molecule has 0 radical (unpaired) electrons. The fraction of sp³-hybridized carbons (Fsp3) is 0.636. The number of nitrogens with zero attached hydrogens (tertiary/aromatic N) is 5. The molecular weight excluding hydrogens is 216 g/mol. The number of hydrogen-bond donors (Lipinski definition) is 1. The normalized spacial score (nSPS) is 15.4.